The number of halogens is 3. The number of aryl methyl sites for hydroxylation is 1. The predicted octanol–water partition coefficient (Wildman–Crippen LogP) is 5.05. The molecule has 5 rings (SSSR count). The molecule has 33 heavy (non-hydrogen) atoms. The van der Waals surface area contributed by atoms with Crippen molar-refractivity contribution in [1.29, 1.82) is 0 Å². The molecule has 1 saturated heterocycles. The Morgan fingerprint density at radius 1 is 1.12 bits per heavy atom. The van der Waals surface area contributed by atoms with Crippen LogP contribution in [0.2, 0.25) is 0 Å². The summed E-state index contributed by atoms with van der Waals surface area (Å²) in [5, 5.41) is 0. The van der Waals surface area contributed by atoms with Crippen LogP contribution in [0.1, 0.15) is 47.4 Å². The normalized spacial score (nSPS) is 19.7. The van der Waals surface area contributed by atoms with Crippen LogP contribution in [0.5, 0.6) is 0 Å². The highest BCUT2D eigenvalue weighted by atomic mass is 19.4. The number of rotatable bonds is 4. The van der Waals surface area contributed by atoms with Gasteiger partial charge in [0.15, 0.2) is 0 Å². The summed E-state index contributed by atoms with van der Waals surface area (Å²) in [5.74, 6) is 0.00380. The number of nitrogens with zero attached hydrogens (tertiary/aromatic N) is 4. The minimum atomic E-state index is -4.65. The Labute approximate surface area is 190 Å². The number of hydrogen-bond donors (Lipinski definition) is 0. The Morgan fingerprint density at radius 2 is 1.88 bits per heavy atom. The number of amides is 1. The molecule has 1 aromatic heterocycles. The number of imidazole rings is 1. The van der Waals surface area contributed by atoms with Crippen molar-refractivity contribution in [1.82, 2.24) is 19.4 Å². The second kappa shape index (κ2) is 8.17. The highest BCUT2D eigenvalue weighted by molar-refractivity contribution is 5.96. The molecule has 2 heterocycles. The van der Waals surface area contributed by atoms with Gasteiger partial charge < -0.3 is 4.90 Å². The Bertz CT molecular complexity index is 1200. The third-order valence-corrected chi connectivity index (χ3v) is 7.18. The smallest absolute Gasteiger partial charge is 0.337 e. The molecule has 8 heteroatoms. The average molecular weight is 457 g/mol. The van der Waals surface area contributed by atoms with E-state index in [-0.39, 0.29) is 11.6 Å². The Balaban J connectivity index is 1.47. The molecule has 1 amide bonds. The van der Waals surface area contributed by atoms with Gasteiger partial charge in [-0.25, -0.2) is 4.98 Å². The van der Waals surface area contributed by atoms with E-state index in [1.54, 1.807) is 24.6 Å². The molecule has 1 unspecified atom stereocenters. The maximum Gasteiger partial charge on any atom is 0.417 e. The standard InChI is InChI=1S/C25H27F3N4O/c1-16-29-22-8-3-4-9-23(22)32(16)18-10-11-20(21(14-18)25(26,27)28)24(33)30(2)19-12-13-31(15-19)17-6-5-7-17/h3-4,8-11,14,17,19H,5-7,12-13,15H2,1-2H3. The minimum Gasteiger partial charge on any atom is -0.337 e. The molecule has 0 spiro atoms. The molecular formula is C25H27F3N4O. The average Bonchev–Trinajstić information content (AvgIpc) is 3.34. The fraction of sp³-hybridized carbons (Fsp3) is 0.440. The van der Waals surface area contributed by atoms with E-state index >= 15 is 0 Å². The van der Waals surface area contributed by atoms with E-state index in [0.717, 1.165) is 31.1 Å². The van der Waals surface area contributed by atoms with Gasteiger partial charge in [-0.1, -0.05) is 18.6 Å². The lowest BCUT2D eigenvalue weighted by Crippen LogP contribution is -2.43. The van der Waals surface area contributed by atoms with Crippen LogP contribution in [0.25, 0.3) is 16.7 Å². The van der Waals surface area contributed by atoms with Gasteiger partial charge in [-0.3, -0.25) is 14.3 Å². The monoisotopic (exact) mass is 456 g/mol. The SMILES string of the molecule is Cc1nc2ccccc2n1-c1ccc(C(=O)N(C)C2CCN(C3CCC3)C2)c(C(F)(F)F)c1. The zero-order chi connectivity index (χ0) is 23.3. The van der Waals surface area contributed by atoms with Crippen molar-refractivity contribution < 1.29 is 18.0 Å². The van der Waals surface area contributed by atoms with E-state index in [0.29, 0.717) is 23.1 Å². The Morgan fingerprint density at radius 3 is 2.58 bits per heavy atom. The molecule has 1 saturated carbocycles. The number of carbonyl (C=O) groups is 1. The first-order chi connectivity index (χ1) is 15.7. The van der Waals surface area contributed by atoms with Crippen LogP contribution in [0.3, 0.4) is 0 Å². The molecular weight excluding hydrogens is 429 g/mol. The van der Waals surface area contributed by atoms with Crippen LogP contribution < -0.4 is 0 Å². The summed E-state index contributed by atoms with van der Waals surface area (Å²) < 4.78 is 44.0. The van der Waals surface area contributed by atoms with E-state index < -0.39 is 17.6 Å². The fourth-order valence-electron chi connectivity index (χ4n) is 5.09. The van der Waals surface area contributed by atoms with E-state index in [1.807, 2.05) is 24.3 Å². The summed E-state index contributed by atoms with van der Waals surface area (Å²) in [7, 11) is 1.62. The van der Waals surface area contributed by atoms with Crippen LogP contribution in [0, 0.1) is 6.92 Å². The van der Waals surface area contributed by atoms with Gasteiger partial charge in [0.05, 0.1) is 22.2 Å². The molecule has 3 aromatic rings. The first-order valence-electron chi connectivity index (χ1n) is 11.4. The number of aromatic nitrogens is 2. The second-order valence-corrected chi connectivity index (χ2v) is 9.15. The van der Waals surface area contributed by atoms with Gasteiger partial charge in [-0.2, -0.15) is 13.2 Å². The van der Waals surface area contributed by atoms with Gasteiger partial charge in [0, 0.05) is 37.9 Å². The molecule has 0 bridgehead atoms. The van der Waals surface area contributed by atoms with Crippen LogP contribution in [-0.2, 0) is 6.18 Å². The van der Waals surface area contributed by atoms with Crippen molar-refractivity contribution >= 4 is 16.9 Å². The number of carbonyl (C=O) groups excluding carboxylic acids is 1. The summed E-state index contributed by atoms with van der Waals surface area (Å²) in [6, 6.07) is 11.8. The maximum absolute atomic E-state index is 14.1. The number of likely N-dealkylation sites (N-methyl/N-ethyl adjacent to an activating group) is 1. The van der Waals surface area contributed by atoms with E-state index in [2.05, 4.69) is 9.88 Å². The quantitative estimate of drug-likeness (QED) is 0.552. The lowest BCUT2D eigenvalue weighted by Gasteiger charge is -2.35. The zero-order valence-corrected chi connectivity index (χ0v) is 18.8. The third kappa shape index (κ3) is 3.90. The molecule has 1 aliphatic heterocycles. The predicted molar refractivity (Wildman–Crippen MR) is 121 cm³/mol. The van der Waals surface area contributed by atoms with E-state index in [9.17, 15) is 18.0 Å². The second-order valence-electron chi connectivity index (χ2n) is 9.15. The number of likely N-dealkylation sites (tertiary alicyclic amines) is 1. The number of para-hydroxylation sites is 2. The van der Waals surface area contributed by atoms with Crippen molar-refractivity contribution in [3.05, 3.63) is 59.4 Å². The summed E-state index contributed by atoms with van der Waals surface area (Å²) in [6.07, 6.45) is -0.287. The number of hydrogen-bond acceptors (Lipinski definition) is 3. The van der Waals surface area contributed by atoms with E-state index in [4.69, 9.17) is 0 Å². The van der Waals surface area contributed by atoms with Gasteiger partial charge in [0.25, 0.3) is 5.91 Å². The van der Waals surface area contributed by atoms with Crippen LogP contribution in [-0.4, -0.2) is 57.5 Å². The Kier molecular flexibility index (Phi) is 5.43. The first kappa shape index (κ1) is 21.9. The lowest BCUT2D eigenvalue weighted by molar-refractivity contribution is -0.138. The molecule has 1 aliphatic carbocycles. The molecule has 2 aliphatic rings. The van der Waals surface area contributed by atoms with Gasteiger partial charge in [-0.05, 0) is 56.5 Å². The third-order valence-electron chi connectivity index (χ3n) is 7.18. The highest BCUT2D eigenvalue weighted by Crippen LogP contribution is 2.36. The van der Waals surface area contributed by atoms with Gasteiger partial charge in [0.1, 0.15) is 5.82 Å². The minimum absolute atomic E-state index is 0.0707. The van der Waals surface area contributed by atoms with Gasteiger partial charge in [-0.15, -0.1) is 0 Å². The number of alkyl halides is 3. The van der Waals surface area contributed by atoms with Crippen LogP contribution >= 0.6 is 0 Å². The molecule has 174 valence electrons. The fourth-order valence-corrected chi connectivity index (χ4v) is 5.09. The lowest BCUT2D eigenvalue weighted by atomic mass is 9.92. The van der Waals surface area contributed by atoms with Crippen molar-refractivity contribution in [3.8, 4) is 5.69 Å². The zero-order valence-electron chi connectivity index (χ0n) is 18.8. The topological polar surface area (TPSA) is 41.4 Å². The first-order valence-corrected chi connectivity index (χ1v) is 11.4. The summed E-state index contributed by atoms with van der Waals surface area (Å²) in [4.78, 5) is 21.6. The molecule has 0 N–H and O–H groups in total. The Hall–Kier alpha value is -2.87. The van der Waals surface area contributed by atoms with E-state index in [1.165, 1.54) is 30.2 Å². The molecule has 2 aromatic carbocycles. The van der Waals surface area contributed by atoms with Crippen LogP contribution in [0.15, 0.2) is 42.5 Å². The van der Waals surface area contributed by atoms with Crippen molar-refractivity contribution in [2.24, 2.45) is 0 Å². The van der Waals surface area contributed by atoms with Gasteiger partial charge in [0.2, 0.25) is 0 Å². The van der Waals surface area contributed by atoms with Crippen molar-refractivity contribution in [3.63, 3.8) is 0 Å². The summed E-state index contributed by atoms with van der Waals surface area (Å²) in [6.45, 7) is 3.38. The molecule has 5 nitrogen and oxygen atoms in total. The molecule has 1 atom stereocenters. The number of fused-ring (bicyclic) bond motifs is 1. The highest BCUT2D eigenvalue weighted by Gasteiger charge is 2.39. The molecule has 2 fully saturated rings. The van der Waals surface area contributed by atoms with Crippen molar-refractivity contribution in [2.75, 3.05) is 20.1 Å². The largest absolute Gasteiger partial charge is 0.417 e. The molecule has 0 radical (unpaired) electrons. The van der Waals surface area contributed by atoms with Gasteiger partial charge >= 0.3 is 6.18 Å². The maximum atomic E-state index is 14.1. The van der Waals surface area contributed by atoms with Crippen molar-refractivity contribution in [2.45, 2.75) is 50.9 Å². The summed E-state index contributed by atoms with van der Waals surface area (Å²) in [5.41, 5.74) is 0.549. The van der Waals surface area contributed by atoms with Crippen LogP contribution in [0.4, 0.5) is 13.2 Å². The number of benzene rings is 2. The summed E-state index contributed by atoms with van der Waals surface area (Å²) >= 11 is 0.